The summed E-state index contributed by atoms with van der Waals surface area (Å²) in [6.07, 6.45) is 2.40. The maximum absolute atomic E-state index is 12.0. The third-order valence-electron chi connectivity index (χ3n) is 4.11. The normalized spacial score (nSPS) is 27.6. The number of hydrogen-bond donors (Lipinski definition) is 2. The Hall–Kier alpha value is -1.59. The first-order chi connectivity index (χ1) is 9.74. The van der Waals surface area contributed by atoms with Crippen molar-refractivity contribution in [3.63, 3.8) is 0 Å². The van der Waals surface area contributed by atoms with Gasteiger partial charge in [0.25, 0.3) is 5.91 Å². The Kier molecular flexibility index (Phi) is 3.89. The number of aromatic hydroxyl groups is 1. The lowest BCUT2D eigenvalue weighted by Crippen LogP contribution is -2.52. The van der Waals surface area contributed by atoms with Crippen LogP contribution in [0.2, 0.25) is 0 Å². The minimum absolute atomic E-state index is 0.0179. The summed E-state index contributed by atoms with van der Waals surface area (Å²) in [5.74, 6) is 0.662. The van der Waals surface area contributed by atoms with E-state index in [1.165, 1.54) is 0 Å². The zero-order valence-corrected chi connectivity index (χ0v) is 11.4. The van der Waals surface area contributed by atoms with Crippen LogP contribution in [0.3, 0.4) is 0 Å². The van der Waals surface area contributed by atoms with Crippen LogP contribution in [0.25, 0.3) is 0 Å². The number of nitrogens with one attached hydrogen (secondary N) is 1. The van der Waals surface area contributed by atoms with Crippen LogP contribution in [0, 0.1) is 5.92 Å². The van der Waals surface area contributed by atoms with Gasteiger partial charge in [-0.1, -0.05) is 0 Å². The maximum Gasteiger partial charge on any atom is 0.253 e. The first-order valence-corrected chi connectivity index (χ1v) is 7.16. The molecule has 2 atom stereocenters. The van der Waals surface area contributed by atoms with E-state index in [0.717, 1.165) is 31.6 Å². The van der Waals surface area contributed by atoms with E-state index in [-0.39, 0.29) is 24.4 Å². The van der Waals surface area contributed by atoms with Gasteiger partial charge in [0.15, 0.2) is 0 Å². The predicted molar refractivity (Wildman–Crippen MR) is 75.8 cm³/mol. The van der Waals surface area contributed by atoms with Gasteiger partial charge in [0.2, 0.25) is 0 Å². The van der Waals surface area contributed by atoms with Crippen LogP contribution in [-0.2, 0) is 9.53 Å². The summed E-state index contributed by atoms with van der Waals surface area (Å²) in [7, 11) is 0. The molecule has 2 aliphatic rings. The molecule has 2 heterocycles. The van der Waals surface area contributed by atoms with E-state index in [0.29, 0.717) is 12.5 Å². The third kappa shape index (κ3) is 2.78. The van der Waals surface area contributed by atoms with Gasteiger partial charge in [-0.25, -0.2) is 0 Å². The zero-order chi connectivity index (χ0) is 13.9. The highest BCUT2D eigenvalue weighted by Crippen LogP contribution is 2.26. The molecule has 5 nitrogen and oxygen atoms in total. The molecule has 2 saturated heterocycles. The van der Waals surface area contributed by atoms with Crippen LogP contribution in [0.5, 0.6) is 5.75 Å². The lowest BCUT2D eigenvalue weighted by Gasteiger charge is -2.38. The molecule has 0 bridgehead atoms. The predicted octanol–water partition coefficient (Wildman–Crippen LogP) is 1.12. The van der Waals surface area contributed by atoms with Crippen molar-refractivity contribution in [3.8, 4) is 5.75 Å². The summed E-state index contributed by atoms with van der Waals surface area (Å²) in [5.41, 5.74) is 0.824. The number of ether oxygens (including phenoxy) is 1. The van der Waals surface area contributed by atoms with Crippen molar-refractivity contribution in [3.05, 3.63) is 24.3 Å². The van der Waals surface area contributed by atoms with Gasteiger partial charge in [-0.3, -0.25) is 4.79 Å². The number of amides is 1. The second kappa shape index (κ2) is 5.81. The van der Waals surface area contributed by atoms with Gasteiger partial charge >= 0.3 is 0 Å². The smallest absolute Gasteiger partial charge is 0.253 e. The molecule has 1 aromatic rings. The second-order valence-electron chi connectivity index (χ2n) is 5.48. The molecular formula is C15H20N2O3. The number of carbonyl (C=O) groups is 1. The number of rotatable bonds is 2. The van der Waals surface area contributed by atoms with Gasteiger partial charge in [-0.05, 0) is 49.6 Å². The molecule has 0 aliphatic carbocycles. The molecular weight excluding hydrogens is 256 g/mol. The highest BCUT2D eigenvalue weighted by atomic mass is 16.5. The number of benzene rings is 1. The maximum atomic E-state index is 12.0. The lowest BCUT2D eigenvalue weighted by molar-refractivity contribution is -0.131. The van der Waals surface area contributed by atoms with E-state index >= 15 is 0 Å². The van der Waals surface area contributed by atoms with Gasteiger partial charge in [0, 0.05) is 12.2 Å². The van der Waals surface area contributed by atoms with Crippen LogP contribution in [0.4, 0.5) is 5.69 Å². The number of nitrogens with zero attached hydrogens (tertiary/aromatic N) is 1. The van der Waals surface area contributed by atoms with Crippen LogP contribution in [0.15, 0.2) is 24.3 Å². The van der Waals surface area contributed by atoms with Crippen LogP contribution >= 0.6 is 0 Å². The highest BCUT2D eigenvalue weighted by molar-refractivity contribution is 5.95. The van der Waals surface area contributed by atoms with E-state index in [1.54, 1.807) is 29.2 Å². The average Bonchev–Trinajstić information content (AvgIpc) is 2.50. The molecule has 2 fully saturated rings. The molecule has 2 aliphatic heterocycles. The van der Waals surface area contributed by atoms with Gasteiger partial charge in [0.1, 0.15) is 12.4 Å². The molecule has 5 heteroatoms. The van der Waals surface area contributed by atoms with E-state index in [4.69, 9.17) is 4.74 Å². The van der Waals surface area contributed by atoms with E-state index in [2.05, 4.69) is 5.32 Å². The van der Waals surface area contributed by atoms with E-state index in [9.17, 15) is 9.90 Å². The number of morpholine rings is 1. The summed E-state index contributed by atoms with van der Waals surface area (Å²) in [6, 6.07) is 6.76. The second-order valence-corrected chi connectivity index (χ2v) is 5.48. The summed E-state index contributed by atoms with van der Waals surface area (Å²) < 4.78 is 5.72. The van der Waals surface area contributed by atoms with Gasteiger partial charge in [-0.15, -0.1) is 0 Å². The minimum Gasteiger partial charge on any atom is -0.508 e. The molecule has 3 rings (SSSR count). The SMILES string of the molecule is O=C1COC(C2CCCNC2)CN1c1ccc(O)cc1. The molecule has 2 N–H and O–H groups in total. The topological polar surface area (TPSA) is 61.8 Å². The van der Waals surface area contributed by atoms with Crippen molar-refractivity contribution in [2.45, 2.75) is 18.9 Å². The monoisotopic (exact) mass is 276 g/mol. The molecule has 1 aromatic carbocycles. The number of anilines is 1. The van der Waals surface area contributed by atoms with Crippen molar-refractivity contribution < 1.29 is 14.6 Å². The van der Waals surface area contributed by atoms with Crippen molar-refractivity contribution in [1.82, 2.24) is 5.32 Å². The molecule has 0 radical (unpaired) electrons. The average molecular weight is 276 g/mol. The number of phenols is 1. The van der Waals surface area contributed by atoms with Crippen LogP contribution in [0.1, 0.15) is 12.8 Å². The van der Waals surface area contributed by atoms with E-state index in [1.807, 2.05) is 0 Å². The highest BCUT2D eigenvalue weighted by Gasteiger charge is 2.33. The molecule has 0 aromatic heterocycles. The third-order valence-corrected chi connectivity index (χ3v) is 4.11. The fourth-order valence-electron chi connectivity index (χ4n) is 2.95. The Labute approximate surface area is 118 Å². The van der Waals surface area contributed by atoms with Crippen LogP contribution < -0.4 is 10.2 Å². The number of carbonyl (C=O) groups excluding carboxylic acids is 1. The first-order valence-electron chi connectivity index (χ1n) is 7.16. The Morgan fingerprint density at radius 2 is 2.10 bits per heavy atom. The fourth-order valence-corrected chi connectivity index (χ4v) is 2.95. The van der Waals surface area contributed by atoms with Crippen molar-refractivity contribution in [2.75, 3.05) is 31.1 Å². The summed E-state index contributed by atoms with van der Waals surface area (Å²) >= 11 is 0. The molecule has 2 unspecified atom stereocenters. The van der Waals surface area contributed by atoms with Gasteiger partial charge in [0.05, 0.1) is 12.6 Å². The van der Waals surface area contributed by atoms with Gasteiger partial charge in [-0.2, -0.15) is 0 Å². The fraction of sp³-hybridized carbons (Fsp3) is 0.533. The molecule has 1 amide bonds. The largest absolute Gasteiger partial charge is 0.508 e. The van der Waals surface area contributed by atoms with E-state index < -0.39 is 0 Å². The summed E-state index contributed by atoms with van der Waals surface area (Å²) in [4.78, 5) is 13.8. The number of phenolic OH excluding ortho intramolecular Hbond substituents is 1. The van der Waals surface area contributed by atoms with Crippen molar-refractivity contribution in [2.24, 2.45) is 5.92 Å². The lowest BCUT2D eigenvalue weighted by atomic mass is 9.92. The zero-order valence-electron chi connectivity index (χ0n) is 11.4. The Morgan fingerprint density at radius 3 is 2.80 bits per heavy atom. The first kappa shape index (κ1) is 13.4. The minimum atomic E-state index is -0.0179. The Balaban J connectivity index is 1.72. The standard InChI is InChI=1S/C15H20N2O3/c18-13-5-3-12(4-6-13)17-9-14(20-10-15(17)19)11-2-1-7-16-8-11/h3-6,11,14,16,18H,1-2,7-10H2. The summed E-state index contributed by atoms with van der Waals surface area (Å²) in [6.45, 7) is 2.77. The molecule has 108 valence electrons. The van der Waals surface area contributed by atoms with Gasteiger partial charge < -0.3 is 20.1 Å². The Bertz CT molecular complexity index is 469. The number of hydrogen-bond acceptors (Lipinski definition) is 4. The molecule has 20 heavy (non-hydrogen) atoms. The number of piperidine rings is 1. The quantitative estimate of drug-likeness (QED) is 0.850. The van der Waals surface area contributed by atoms with Crippen molar-refractivity contribution >= 4 is 11.6 Å². The molecule has 0 spiro atoms. The molecule has 0 saturated carbocycles. The Morgan fingerprint density at radius 1 is 1.30 bits per heavy atom. The summed E-state index contributed by atoms with van der Waals surface area (Å²) in [5, 5.41) is 12.7. The van der Waals surface area contributed by atoms with Crippen LogP contribution in [-0.4, -0.2) is 43.4 Å². The van der Waals surface area contributed by atoms with Crippen molar-refractivity contribution in [1.29, 1.82) is 0 Å².